The van der Waals surface area contributed by atoms with Gasteiger partial charge in [0.25, 0.3) is 0 Å². The van der Waals surface area contributed by atoms with Crippen molar-refractivity contribution in [3.05, 3.63) is 53.2 Å². The summed E-state index contributed by atoms with van der Waals surface area (Å²) in [5.74, 6) is 3.59. The largest absolute Gasteiger partial charge is 0.494 e. The van der Waals surface area contributed by atoms with Crippen LogP contribution in [0.4, 0.5) is 5.82 Å². The van der Waals surface area contributed by atoms with Gasteiger partial charge in [-0.05, 0) is 111 Å². The first-order valence-corrected chi connectivity index (χ1v) is 14.6. The van der Waals surface area contributed by atoms with E-state index in [0.29, 0.717) is 41.7 Å². The molecular formula is C33H41N3O2. The van der Waals surface area contributed by atoms with Crippen LogP contribution in [0.5, 0.6) is 5.75 Å². The molecule has 6 rings (SSSR count). The molecule has 0 saturated heterocycles. The van der Waals surface area contributed by atoms with Gasteiger partial charge >= 0.3 is 0 Å². The van der Waals surface area contributed by atoms with Gasteiger partial charge in [-0.2, -0.15) is 5.26 Å². The average molecular weight is 512 g/mol. The van der Waals surface area contributed by atoms with Gasteiger partial charge in [0.05, 0.1) is 12.7 Å². The Morgan fingerprint density at radius 2 is 1.89 bits per heavy atom. The van der Waals surface area contributed by atoms with Gasteiger partial charge in [0, 0.05) is 17.2 Å². The second kappa shape index (κ2) is 9.42. The summed E-state index contributed by atoms with van der Waals surface area (Å²) in [4.78, 5) is 4.88. The SMILES string of the molecule is CCOc1ccc(-c2cc([C@H]3CC[C@H]4[C@@H]5CC=C6C[C@@H](O)CC[C@]6(C)[C@H]5CC[C@]34C)nc(N)c2C#N)cc1. The van der Waals surface area contributed by atoms with Crippen molar-refractivity contribution in [3.63, 3.8) is 0 Å². The van der Waals surface area contributed by atoms with Gasteiger partial charge in [-0.3, -0.25) is 0 Å². The molecule has 1 heterocycles. The Bertz CT molecular complexity index is 1290. The molecule has 3 N–H and O–H groups in total. The zero-order valence-corrected chi connectivity index (χ0v) is 23.0. The summed E-state index contributed by atoms with van der Waals surface area (Å²) in [7, 11) is 0. The first kappa shape index (κ1) is 25.4. The van der Waals surface area contributed by atoms with E-state index in [1.165, 1.54) is 24.8 Å². The third-order valence-corrected chi connectivity index (χ3v) is 11.1. The fraction of sp³-hybridized carbons (Fsp3) is 0.576. The van der Waals surface area contributed by atoms with Crippen LogP contribution >= 0.6 is 0 Å². The number of aromatic nitrogens is 1. The van der Waals surface area contributed by atoms with Gasteiger partial charge in [-0.1, -0.05) is 37.6 Å². The van der Waals surface area contributed by atoms with Gasteiger partial charge in [-0.15, -0.1) is 0 Å². The molecule has 2 aromatic rings. The van der Waals surface area contributed by atoms with Crippen LogP contribution in [-0.2, 0) is 0 Å². The first-order valence-electron chi connectivity index (χ1n) is 14.6. The fourth-order valence-corrected chi connectivity index (χ4v) is 9.13. The molecule has 5 nitrogen and oxygen atoms in total. The number of hydrogen-bond acceptors (Lipinski definition) is 5. The molecular weight excluding hydrogens is 470 g/mol. The van der Waals surface area contributed by atoms with Crippen molar-refractivity contribution in [3.8, 4) is 22.9 Å². The van der Waals surface area contributed by atoms with E-state index in [9.17, 15) is 10.4 Å². The second-order valence-electron chi connectivity index (χ2n) is 12.8. The maximum atomic E-state index is 10.3. The van der Waals surface area contributed by atoms with E-state index in [1.807, 2.05) is 31.2 Å². The number of rotatable bonds is 4. The lowest BCUT2D eigenvalue weighted by molar-refractivity contribution is -0.0412. The fourth-order valence-electron chi connectivity index (χ4n) is 9.13. The minimum Gasteiger partial charge on any atom is -0.494 e. The number of aliphatic hydroxyl groups is 1. The third-order valence-electron chi connectivity index (χ3n) is 11.1. The highest BCUT2D eigenvalue weighted by molar-refractivity contribution is 5.76. The molecule has 200 valence electrons. The summed E-state index contributed by atoms with van der Waals surface area (Å²) >= 11 is 0. The van der Waals surface area contributed by atoms with Gasteiger partial charge in [-0.25, -0.2) is 4.98 Å². The lowest BCUT2D eigenvalue weighted by Gasteiger charge is -2.58. The normalized spacial score (nSPS) is 35.9. The number of hydrogen-bond donors (Lipinski definition) is 2. The molecule has 3 saturated carbocycles. The molecule has 0 unspecified atom stereocenters. The van der Waals surface area contributed by atoms with Crippen molar-refractivity contribution in [2.75, 3.05) is 12.3 Å². The number of benzene rings is 1. The summed E-state index contributed by atoms with van der Waals surface area (Å²) in [6.45, 7) is 7.59. The van der Waals surface area contributed by atoms with E-state index < -0.39 is 0 Å². The van der Waals surface area contributed by atoms with Gasteiger partial charge < -0.3 is 15.6 Å². The Balaban J connectivity index is 1.33. The quantitative estimate of drug-likeness (QED) is 0.431. The highest BCUT2D eigenvalue weighted by Gasteiger charge is 2.59. The Labute approximate surface area is 227 Å². The van der Waals surface area contributed by atoms with Crippen LogP contribution in [-0.4, -0.2) is 22.8 Å². The number of nitrogen functional groups attached to an aromatic ring is 1. The van der Waals surface area contributed by atoms with E-state index in [0.717, 1.165) is 54.7 Å². The van der Waals surface area contributed by atoms with Crippen LogP contribution in [0, 0.1) is 39.9 Å². The number of ether oxygens (including phenoxy) is 1. The molecule has 1 aromatic heterocycles. The summed E-state index contributed by atoms with van der Waals surface area (Å²) in [5, 5.41) is 20.3. The summed E-state index contributed by atoms with van der Waals surface area (Å²) in [5.41, 5.74) is 11.8. The summed E-state index contributed by atoms with van der Waals surface area (Å²) in [6.07, 6.45) is 11.2. The topological polar surface area (TPSA) is 92.2 Å². The number of aliphatic hydroxyl groups excluding tert-OH is 1. The van der Waals surface area contributed by atoms with Crippen molar-refractivity contribution >= 4 is 5.82 Å². The molecule has 0 amide bonds. The smallest absolute Gasteiger partial charge is 0.142 e. The maximum absolute atomic E-state index is 10.3. The van der Waals surface area contributed by atoms with Crippen molar-refractivity contribution in [2.45, 2.75) is 84.2 Å². The standard InChI is InChI=1S/C33H41N3O2/c1-4-38-23-8-5-20(6-9-23)25-18-30(36-31(35)26(25)19-34)29-12-11-27-24-10-7-21-17-22(37)13-15-32(21,2)28(24)14-16-33(27,29)3/h5-9,18,22,24,27-29,37H,4,10-17H2,1-3H3,(H2,35,36)/t22-,24-,27-,28-,29+,32-,33-/m0/s1. The van der Waals surface area contributed by atoms with E-state index in [1.54, 1.807) is 0 Å². The van der Waals surface area contributed by atoms with Gasteiger partial charge in [0.2, 0.25) is 0 Å². The summed E-state index contributed by atoms with van der Waals surface area (Å²) < 4.78 is 5.62. The van der Waals surface area contributed by atoms with Crippen molar-refractivity contribution in [1.29, 1.82) is 5.26 Å². The van der Waals surface area contributed by atoms with E-state index in [2.05, 4.69) is 32.1 Å². The molecule has 4 aliphatic rings. The second-order valence-corrected chi connectivity index (χ2v) is 12.8. The molecule has 0 bridgehead atoms. The number of nitrogens with two attached hydrogens (primary N) is 1. The van der Waals surface area contributed by atoms with Crippen LogP contribution in [0.2, 0.25) is 0 Å². The van der Waals surface area contributed by atoms with Crippen LogP contribution in [0.15, 0.2) is 42.0 Å². The number of anilines is 1. The van der Waals surface area contributed by atoms with Crippen LogP contribution in [0.25, 0.3) is 11.1 Å². The van der Waals surface area contributed by atoms with E-state index in [-0.39, 0.29) is 16.9 Å². The van der Waals surface area contributed by atoms with Gasteiger partial charge in [0.15, 0.2) is 0 Å². The van der Waals surface area contributed by atoms with E-state index in [4.69, 9.17) is 15.5 Å². The average Bonchev–Trinajstić information content (AvgIpc) is 3.26. The predicted molar refractivity (Wildman–Crippen MR) is 150 cm³/mol. The number of allylic oxidation sites excluding steroid dienone is 1. The third kappa shape index (κ3) is 3.87. The van der Waals surface area contributed by atoms with Crippen LogP contribution in [0.1, 0.15) is 89.3 Å². The minimum atomic E-state index is -0.159. The number of fused-ring (bicyclic) bond motifs is 5. The number of nitrogens with zero attached hydrogens (tertiary/aromatic N) is 2. The number of pyridine rings is 1. The molecule has 5 heteroatoms. The minimum absolute atomic E-state index is 0.159. The van der Waals surface area contributed by atoms with Crippen LogP contribution < -0.4 is 10.5 Å². The lowest BCUT2D eigenvalue weighted by atomic mass is 9.47. The molecule has 7 atom stereocenters. The molecule has 3 fully saturated rings. The Morgan fingerprint density at radius 3 is 2.63 bits per heavy atom. The van der Waals surface area contributed by atoms with E-state index >= 15 is 0 Å². The van der Waals surface area contributed by atoms with Gasteiger partial charge in [0.1, 0.15) is 23.2 Å². The Kier molecular flexibility index (Phi) is 6.30. The maximum Gasteiger partial charge on any atom is 0.142 e. The Hall–Kier alpha value is -2.84. The number of nitriles is 1. The molecule has 38 heavy (non-hydrogen) atoms. The monoisotopic (exact) mass is 511 g/mol. The Morgan fingerprint density at radius 1 is 1.11 bits per heavy atom. The molecule has 0 radical (unpaired) electrons. The summed E-state index contributed by atoms with van der Waals surface area (Å²) in [6, 6.07) is 12.4. The molecule has 0 aliphatic heterocycles. The van der Waals surface area contributed by atoms with Crippen molar-refractivity contribution in [1.82, 2.24) is 4.98 Å². The molecule has 4 aliphatic carbocycles. The van der Waals surface area contributed by atoms with Crippen LogP contribution in [0.3, 0.4) is 0 Å². The first-order chi connectivity index (χ1) is 18.3. The highest BCUT2D eigenvalue weighted by atomic mass is 16.5. The zero-order chi connectivity index (χ0) is 26.7. The molecule has 0 spiro atoms. The highest BCUT2D eigenvalue weighted by Crippen LogP contribution is 2.68. The van der Waals surface area contributed by atoms with Crippen molar-refractivity contribution < 1.29 is 9.84 Å². The molecule has 1 aromatic carbocycles. The van der Waals surface area contributed by atoms with Crippen molar-refractivity contribution in [2.24, 2.45) is 28.6 Å². The predicted octanol–water partition coefficient (Wildman–Crippen LogP) is 7.01. The lowest BCUT2D eigenvalue weighted by Crippen LogP contribution is -2.50. The zero-order valence-electron chi connectivity index (χ0n) is 23.0.